The van der Waals surface area contributed by atoms with Crippen molar-refractivity contribution in [2.45, 2.75) is 25.2 Å². The minimum Gasteiger partial charge on any atom is -0.406 e. The Hall–Kier alpha value is -2.33. The summed E-state index contributed by atoms with van der Waals surface area (Å²) in [5, 5.41) is 0. The van der Waals surface area contributed by atoms with Gasteiger partial charge in [0.15, 0.2) is 0 Å². The highest BCUT2D eigenvalue weighted by Crippen LogP contribution is 2.40. The van der Waals surface area contributed by atoms with Gasteiger partial charge in [-0.25, -0.2) is 12.7 Å². The third-order valence-electron chi connectivity index (χ3n) is 5.42. The smallest absolute Gasteiger partial charge is 0.406 e. The molecule has 2 bridgehead atoms. The van der Waals surface area contributed by atoms with Crippen molar-refractivity contribution >= 4 is 10.0 Å². The van der Waals surface area contributed by atoms with Gasteiger partial charge in [-0.05, 0) is 36.1 Å². The fraction of sp³-hybridized carbons (Fsp3) is 0.421. The third-order valence-corrected chi connectivity index (χ3v) is 6.66. The number of ether oxygens (including phenoxy) is 1. The second-order valence-corrected chi connectivity index (χ2v) is 9.51. The lowest BCUT2D eigenvalue weighted by Crippen LogP contribution is -2.49. The lowest BCUT2D eigenvalue weighted by Gasteiger charge is -2.42. The van der Waals surface area contributed by atoms with Gasteiger partial charge in [0, 0.05) is 42.9 Å². The molecule has 0 N–H and O–H groups in total. The summed E-state index contributed by atoms with van der Waals surface area (Å²) in [5.41, 5.74) is 1.91. The van der Waals surface area contributed by atoms with Crippen LogP contribution in [-0.4, -0.2) is 43.0 Å². The molecule has 0 amide bonds. The van der Waals surface area contributed by atoms with Gasteiger partial charge in [0.25, 0.3) is 5.56 Å². The minimum atomic E-state index is -4.77. The maximum Gasteiger partial charge on any atom is 0.573 e. The Labute approximate surface area is 165 Å². The van der Waals surface area contributed by atoms with Crippen molar-refractivity contribution in [1.82, 2.24) is 8.87 Å². The summed E-state index contributed by atoms with van der Waals surface area (Å²) < 4.78 is 68.3. The number of alkyl halides is 3. The molecule has 2 aromatic rings. The lowest BCUT2D eigenvalue weighted by molar-refractivity contribution is -0.274. The first-order valence-corrected chi connectivity index (χ1v) is 10.9. The van der Waals surface area contributed by atoms with E-state index in [0.29, 0.717) is 24.2 Å². The maximum absolute atomic E-state index is 12.5. The van der Waals surface area contributed by atoms with Crippen LogP contribution >= 0.6 is 0 Å². The standard InChI is InChI=1S/C19H19F3N2O4S/c1-29(26,27)23-9-12-8-14(11-23)18-16(6-7-17(25)24(18)10-12)13-2-4-15(5-3-13)28-19(20,21)22/h2-7,12,14H,8-11H2,1H3/t12-,14+/m0/s1. The molecule has 0 unspecified atom stereocenters. The number of halogens is 3. The van der Waals surface area contributed by atoms with Crippen LogP contribution in [0.4, 0.5) is 13.2 Å². The molecule has 1 saturated heterocycles. The molecule has 4 rings (SSSR count). The highest BCUT2D eigenvalue weighted by atomic mass is 32.2. The predicted molar refractivity (Wildman–Crippen MR) is 100 cm³/mol. The topological polar surface area (TPSA) is 68.6 Å². The molecule has 0 radical (unpaired) electrons. The number of piperidine rings is 1. The molecule has 156 valence electrons. The van der Waals surface area contributed by atoms with Crippen molar-refractivity contribution in [2.24, 2.45) is 5.92 Å². The molecule has 2 aliphatic heterocycles. The summed E-state index contributed by atoms with van der Waals surface area (Å²) in [5.74, 6) is -0.442. The van der Waals surface area contributed by atoms with Crippen LogP contribution in [0.1, 0.15) is 18.0 Å². The monoisotopic (exact) mass is 428 g/mol. The van der Waals surface area contributed by atoms with E-state index in [9.17, 15) is 26.4 Å². The molecule has 6 nitrogen and oxygen atoms in total. The Morgan fingerprint density at radius 1 is 1.03 bits per heavy atom. The zero-order chi connectivity index (χ0) is 21.0. The van der Waals surface area contributed by atoms with Gasteiger partial charge in [-0.2, -0.15) is 0 Å². The van der Waals surface area contributed by atoms with Gasteiger partial charge in [0.2, 0.25) is 10.0 Å². The third kappa shape index (κ3) is 4.04. The fourth-order valence-corrected chi connectivity index (χ4v) is 5.25. The number of rotatable bonds is 3. The van der Waals surface area contributed by atoms with Crippen LogP contribution in [0.25, 0.3) is 11.1 Å². The molecule has 1 aromatic heterocycles. The lowest BCUT2D eigenvalue weighted by atomic mass is 9.81. The molecule has 1 aromatic carbocycles. The predicted octanol–water partition coefficient (Wildman–Crippen LogP) is 2.79. The summed E-state index contributed by atoms with van der Waals surface area (Å²) in [6, 6.07) is 8.54. The van der Waals surface area contributed by atoms with E-state index in [0.717, 1.165) is 12.1 Å². The van der Waals surface area contributed by atoms with Crippen LogP contribution in [0.3, 0.4) is 0 Å². The molecule has 2 aliphatic rings. The van der Waals surface area contributed by atoms with Gasteiger partial charge in [-0.3, -0.25) is 4.79 Å². The van der Waals surface area contributed by atoms with E-state index >= 15 is 0 Å². The Morgan fingerprint density at radius 2 is 1.72 bits per heavy atom. The van der Waals surface area contributed by atoms with E-state index in [4.69, 9.17) is 0 Å². The van der Waals surface area contributed by atoms with E-state index in [2.05, 4.69) is 4.74 Å². The zero-order valence-electron chi connectivity index (χ0n) is 15.5. The van der Waals surface area contributed by atoms with Crippen LogP contribution in [-0.2, 0) is 16.6 Å². The van der Waals surface area contributed by atoms with Gasteiger partial charge in [-0.1, -0.05) is 12.1 Å². The summed E-state index contributed by atoms with van der Waals surface area (Å²) >= 11 is 0. The van der Waals surface area contributed by atoms with Gasteiger partial charge < -0.3 is 9.30 Å². The summed E-state index contributed by atoms with van der Waals surface area (Å²) in [4.78, 5) is 12.5. The minimum absolute atomic E-state index is 0.0477. The average Bonchev–Trinajstić information content (AvgIpc) is 2.61. The quantitative estimate of drug-likeness (QED) is 0.754. The van der Waals surface area contributed by atoms with Gasteiger partial charge >= 0.3 is 6.36 Å². The second kappa shape index (κ2) is 6.88. The van der Waals surface area contributed by atoms with Gasteiger partial charge in [0.1, 0.15) is 5.75 Å². The van der Waals surface area contributed by atoms with E-state index < -0.39 is 16.4 Å². The van der Waals surface area contributed by atoms with Gasteiger partial charge in [-0.15, -0.1) is 13.2 Å². The van der Waals surface area contributed by atoms with Crippen molar-refractivity contribution in [3.63, 3.8) is 0 Å². The Bertz CT molecular complexity index is 1090. The summed E-state index contributed by atoms with van der Waals surface area (Å²) in [7, 11) is -3.36. The highest BCUT2D eigenvalue weighted by molar-refractivity contribution is 7.88. The normalized spacial score (nSPS) is 22.2. The molecule has 29 heavy (non-hydrogen) atoms. The fourth-order valence-electron chi connectivity index (χ4n) is 4.32. The van der Waals surface area contributed by atoms with Crippen LogP contribution < -0.4 is 10.3 Å². The number of aromatic nitrogens is 1. The van der Waals surface area contributed by atoms with Crippen molar-refractivity contribution < 1.29 is 26.3 Å². The largest absolute Gasteiger partial charge is 0.573 e. The van der Waals surface area contributed by atoms with Crippen molar-refractivity contribution in [2.75, 3.05) is 19.3 Å². The highest BCUT2D eigenvalue weighted by Gasteiger charge is 2.39. The number of hydrogen-bond donors (Lipinski definition) is 0. The molecular formula is C19H19F3N2O4S. The second-order valence-electron chi connectivity index (χ2n) is 7.53. The van der Waals surface area contributed by atoms with Crippen LogP contribution in [0.5, 0.6) is 5.75 Å². The number of sulfonamides is 1. The molecule has 0 saturated carbocycles. The van der Waals surface area contributed by atoms with Crippen LogP contribution in [0.2, 0.25) is 0 Å². The first kappa shape index (κ1) is 20.0. The molecular weight excluding hydrogens is 409 g/mol. The number of fused-ring (bicyclic) bond motifs is 4. The number of benzene rings is 1. The number of pyridine rings is 1. The van der Waals surface area contributed by atoms with E-state index in [1.807, 2.05) is 0 Å². The van der Waals surface area contributed by atoms with E-state index in [1.54, 1.807) is 10.6 Å². The Balaban J connectivity index is 1.75. The summed E-state index contributed by atoms with van der Waals surface area (Å²) in [6.07, 6.45) is -2.84. The number of nitrogens with zero attached hydrogens (tertiary/aromatic N) is 2. The van der Waals surface area contributed by atoms with Crippen LogP contribution in [0, 0.1) is 5.92 Å². The SMILES string of the molecule is CS(=O)(=O)N1C[C@@H]2C[C@H](C1)c1c(-c3ccc(OC(F)(F)F)cc3)ccc(=O)n1C2. The van der Waals surface area contributed by atoms with E-state index in [-0.39, 0.29) is 29.7 Å². The van der Waals surface area contributed by atoms with Crippen molar-refractivity contribution in [1.29, 1.82) is 0 Å². The summed E-state index contributed by atoms with van der Waals surface area (Å²) in [6.45, 7) is 1.08. The van der Waals surface area contributed by atoms with Gasteiger partial charge in [0.05, 0.1) is 6.26 Å². The molecule has 0 spiro atoms. The maximum atomic E-state index is 12.5. The molecule has 0 aliphatic carbocycles. The molecule has 3 heterocycles. The van der Waals surface area contributed by atoms with E-state index in [1.165, 1.54) is 40.9 Å². The first-order valence-electron chi connectivity index (χ1n) is 9.06. The zero-order valence-corrected chi connectivity index (χ0v) is 16.3. The Morgan fingerprint density at radius 3 is 2.34 bits per heavy atom. The molecule has 10 heteroatoms. The van der Waals surface area contributed by atoms with Crippen LogP contribution in [0.15, 0.2) is 41.2 Å². The number of hydrogen-bond acceptors (Lipinski definition) is 4. The Kier molecular flexibility index (Phi) is 4.73. The molecule has 2 atom stereocenters. The van der Waals surface area contributed by atoms with Crippen molar-refractivity contribution in [3.8, 4) is 16.9 Å². The average molecular weight is 428 g/mol. The molecule has 1 fully saturated rings. The van der Waals surface area contributed by atoms with Crippen molar-refractivity contribution in [3.05, 3.63) is 52.4 Å². The first-order chi connectivity index (χ1) is 13.5.